The number of hydrogen-bond acceptors (Lipinski definition) is 5. The molecule has 1 unspecified atom stereocenters. The van der Waals surface area contributed by atoms with E-state index in [9.17, 15) is 4.79 Å². The summed E-state index contributed by atoms with van der Waals surface area (Å²) in [5.41, 5.74) is 6.28. The average Bonchev–Trinajstić information content (AvgIpc) is 2.59. The summed E-state index contributed by atoms with van der Waals surface area (Å²) in [5.74, 6) is 1.61. The minimum absolute atomic E-state index is 0.147. The fourth-order valence-corrected chi connectivity index (χ4v) is 2.04. The molecular formula is C18H22N2O4. The second-order valence-corrected chi connectivity index (χ2v) is 5.05. The number of carbonyl (C=O) groups is 1. The van der Waals surface area contributed by atoms with Gasteiger partial charge in [0.2, 0.25) is 5.91 Å². The predicted octanol–water partition coefficient (Wildman–Crippen LogP) is 2.79. The zero-order chi connectivity index (χ0) is 17.4. The Bertz CT molecular complexity index is 658. The lowest BCUT2D eigenvalue weighted by atomic mass is 10.2. The molecule has 0 bridgehead atoms. The quantitative estimate of drug-likeness (QED) is 0.778. The van der Waals surface area contributed by atoms with E-state index < -0.39 is 6.04 Å². The van der Waals surface area contributed by atoms with Crippen LogP contribution in [0.15, 0.2) is 48.5 Å². The highest BCUT2D eigenvalue weighted by Gasteiger charge is 2.15. The highest BCUT2D eigenvalue weighted by Crippen LogP contribution is 2.30. The molecule has 3 N–H and O–H groups in total. The van der Waals surface area contributed by atoms with Crippen molar-refractivity contribution in [1.82, 2.24) is 0 Å². The number of ether oxygens (including phenoxy) is 3. The van der Waals surface area contributed by atoms with Gasteiger partial charge in [-0.25, -0.2) is 0 Å². The maximum absolute atomic E-state index is 12.0. The van der Waals surface area contributed by atoms with Crippen LogP contribution in [0.2, 0.25) is 0 Å². The molecule has 2 rings (SSSR count). The second-order valence-electron chi connectivity index (χ2n) is 5.05. The normalized spacial score (nSPS) is 11.6. The topological polar surface area (TPSA) is 82.8 Å². The van der Waals surface area contributed by atoms with Crippen LogP contribution in [0.1, 0.15) is 6.92 Å². The number of nitrogens with two attached hydrogens (primary N) is 1. The molecule has 0 aliphatic rings. The first-order chi connectivity index (χ1) is 11.6. The number of amides is 1. The molecule has 0 spiro atoms. The van der Waals surface area contributed by atoms with Crippen molar-refractivity contribution in [2.75, 3.05) is 25.6 Å². The van der Waals surface area contributed by atoms with Crippen LogP contribution >= 0.6 is 0 Å². The Morgan fingerprint density at radius 1 is 1.12 bits per heavy atom. The number of carbonyl (C=O) groups excluding carboxylic acids is 1. The maximum Gasteiger partial charge on any atom is 0.243 e. The Morgan fingerprint density at radius 3 is 2.46 bits per heavy atom. The molecule has 128 valence electrons. The molecule has 0 aliphatic carbocycles. The van der Waals surface area contributed by atoms with E-state index in [4.69, 9.17) is 19.9 Å². The van der Waals surface area contributed by atoms with Gasteiger partial charge in [-0.15, -0.1) is 0 Å². The van der Waals surface area contributed by atoms with Crippen LogP contribution in [0.5, 0.6) is 17.2 Å². The molecule has 24 heavy (non-hydrogen) atoms. The largest absolute Gasteiger partial charge is 0.494 e. The Morgan fingerprint density at radius 2 is 1.79 bits per heavy atom. The summed E-state index contributed by atoms with van der Waals surface area (Å²) < 4.78 is 16.1. The first-order valence-corrected chi connectivity index (χ1v) is 7.69. The smallest absolute Gasteiger partial charge is 0.243 e. The molecule has 6 nitrogen and oxygen atoms in total. The second kappa shape index (κ2) is 8.90. The number of para-hydroxylation sites is 2. The Kier molecular flexibility index (Phi) is 6.60. The summed E-state index contributed by atoms with van der Waals surface area (Å²) in [6, 6.07) is 13.7. The number of benzene rings is 2. The van der Waals surface area contributed by atoms with Crippen LogP contribution in [0, 0.1) is 0 Å². The van der Waals surface area contributed by atoms with Gasteiger partial charge in [0.25, 0.3) is 0 Å². The predicted molar refractivity (Wildman–Crippen MR) is 92.6 cm³/mol. The van der Waals surface area contributed by atoms with Gasteiger partial charge < -0.3 is 25.3 Å². The fourth-order valence-electron chi connectivity index (χ4n) is 2.04. The molecule has 6 heteroatoms. The van der Waals surface area contributed by atoms with Gasteiger partial charge in [-0.05, 0) is 43.3 Å². The first-order valence-electron chi connectivity index (χ1n) is 7.69. The van der Waals surface area contributed by atoms with Crippen molar-refractivity contribution in [2.45, 2.75) is 13.0 Å². The number of methoxy groups -OCH3 is 1. The minimum atomic E-state index is -0.742. The lowest BCUT2D eigenvalue weighted by molar-refractivity contribution is -0.118. The van der Waals surface area contributed by atoms with Gasteiger partial charge in [-0.2, -0.15) is 0 Å². The monoisotopic (exact) mass is 330 g/mol. The van der Waals surface area contributed by atoms with E-state index in [0.29, 0.717) is 23.8 Å². The van der Waals surface area contributed by atoms with E-state index in [1.165, 1.54) is 7.11 Å². The molecule has 2 aromatic carbocycles. The molecule has 0 aromatic heterocycles. The molecule has 0 heterocycles. The lowest BCUT2D eigenvalue weighted by Gasteiger charge is -2.15. The van der Waals surface area contributed by atoms with Gasteiger partial charge in [0.05, 0.1) is 18.9 Å². The van der Waals surface area contributed by atoms with Crippen molar-refractivity contribution in [2.24, 2.45) is 5.73 Å². The molecule has 0 aliphatic heterocycles. The van der Waals surface area contributed by atoms with Crippen molar-refractivity contribution >= 4 is 11.6 Å². The molecule has 0 saturated carbocycles. The van der Waals surface area contributed by atoms with Crippen molar-refractivity contribution in [1.29, 1.82) is 0 Å². The molecule has 0 radical (unpaired) electrons. The Hall–Kier alpha value is -2.57. The van der Waals surface area contributed by atoms with Crippen LogP contribution in [0.3, 0.4) is 0 Å². The average molecular weight is 330 g/mol. The van der Waals surface area contributed by atoms with E-state index in [1.54, 1.807) is 24.3 Å². The molecule has 2 aromatic rings. The van der Waals surface area contributed by atoms with Crippen LogP contribution in [0.4, 0.5) is 5.69 Å². The van der Waals surface area contributed by atoms with Gasteiger partial charge in [0.15, 0.2) is 5.75 Å². The summed E-state index contributed by atoms with van der Waals surface area (Å²) in [6.45, 7) is 2.68. The molecule has 1 atom stereocenters. The number of hydrogen-bond donors (Lipinski definition) is 2. The van der Waals surface area contributed by atoms with Gasteiger partial charge in [-0.3, -0.25) is 4.79 Å². The zero-order valence-corrected chi connectivity index (χ0v) is 13.8. The highest BCUT2D eigenvalue weighted by molar-refractivity contribution is 5.96. The summed E-state index contributed by atoms with van der Waals surface area (Å²) >= 11 is 0. The highest BCUT2D eigenvalue weighted by atomic mass is 16.5. The first kappa shape index (κ1) is 17.8. The van der Waals surface area contributed by atoms with Crippen LogP contribution < -0.4 is 20.5 Å². The van der Waals surface area contributed by atoms with Gasteiger partial charge in [-0.1, -0.05) is 12.1 Å². The molecule has 0 fully saturated rings. The maximum atomic E-state index is 12.0. The molecule has 1 amide bonds. The minimum Gasteiger partial charge on any atom is -0.494 e. The third kappa shape index (κ3) is 4.97. The van der Waals surface area contributed by atoms with Gasteiger partial charge in [0, 0.05) is 7.11 Å². The van der Waals surface area contributed by atoms with E-state index in [0.717, 1.165) is 5.75 Å². The number of rotatable bonds is 8. The van der Waals surface area contributed by atoms with Crippen molar-refractivity contribution in [3.05, 3.63) is 48.5 Å². The van der Waals surface area contributed by atoms with Crippen LogP contribution in [0.25, 0.3) is 0 Å². The molecule has 0 saturated heterocycles. The van der Waals surface area contributed by atoms with Crippen molar-refractivity contribution < 1.29 is 19.0 Å². The summed E-state index contributed by atoms with van der Waals surface area (Å²) in [5, 5.41) is 2.75. The van der Waals surface area contributed by atoms with Crippen LogP contribution in [-0.2, 0) is 9.53 Å². The lowest BCUT2D eigenvalue weighted by Crippen LogP contribution is -2.39. The van der Waals surface area contributed by atoms with E-state index >= 15 is 0 Å². The summed E-state index contributed by atoms with van der Waals surface area (Å²) in [6.07, 6.45) is 0. The SMILES string of the molecule is CCOc1ccc(Oc2ccccc2NC(=O)C(N)COC)cc1. The fraction of sp³-hybridized carbons (Fsp3) is 0.278. The summed E-state index contributed by atoms with van der Waals surface area (Å²) in [7, 11) is 1.50. The van der Waals surface area contributed by atoms with Crippen molar-refractivity contribution in [3.8, 4) is 17.2 Å². The van der Waals surface area contributed by atoms with E-state index in [2.05, 4.69) is 5.32 Å². The van der Waals surface area contributed by atoms with Gasteiger partial charge in [0.1, 0.15) is 17.5 Å². The molecular weight excluding hydrogens is 308 g/mol. The van der Waals surface area contributed by atoms with Crippen molar-refractivity contribution in [3.63, 3.8) is 0 Å². The van der Waals surface area contributed by atoms with E-state index in [-0.39, 0.29) is 12.5 Å². The van der Waals surface area contributed by atoms with Gasteiger partial charge >= 0.3 is 0 Å². The zero-order valence-electron chi connectivity index (χ0n) is 13.8. The Balaban J connectivity index is 2.09. The summed E-state index contributed by atoms with van der Waals surface area (Å²) in [4.78, 5) is 12.0. The van der Waals surface area contributed by atoms with Crippen LogP contribution in [-0.4, -0.2) is 32.3 Å². The number of nitrogens with one attached hydrogen (secondary N) is 1. The van der Waals surface area contributed by atoms with E-state index in [1.807, 2.05) is 31.2 Å². The standard InChI is InChI=1S/C18H22N2O4/c1-3-23-13-8-10-14(11-9-13)24-17-7-5-4-6-16(17)20-18(21)15(19)12-22-2/h4-11,15H,3,12,19H2,1-2H3,(H,20,21). The third-order valence-electron chi connectivity index (χ3n) is 3.19. The number of anilines is 1. The third-order valence-corrected chi connectivity index (χ3v) is 3.19. The Labute approximate surface area is 141 Å².